The van der Waals surface area contributed by atoms with Crippen molar-refractivity contribution in [1.82, 2.24) is 4.98 Å². The Labute approximate surface area is 96.3 Å². The lowest BCUT2D eigenvalue weighted by Crippen LogP contribution is -2.47. The van der Waals surface area contributed by atoms with Crippen molar-refractivity contribution in [2.24, 2.45) is 5.41 Å². The molecule has 1 aromatic rings. The zero-order chi connectivity index (χ0) is 11.1. The fourth-order valence-electron chi connectivity index (χ4n) is 2.27. The molecule has 0 radical (unpaired) electrons. The van der Waals surface area contributed by atoms with E-state index in [1.807, 2.05) is 18.2 Å². The first-order chi connectivity index (χ1) is 6.98. The van der Waals surface area contributed by atoms with Gasteiger partial charge in [-0.05, 0) is 30.4 Å². The molecule has 1 saturated carbocycles. The van der Waals surface area contributed by atoms with Crippen LogP contribution < -0.4 is 4.90 Å². The van der Waals surface area contributed by atoms with E-state index in [2.05, 4.69) is 30.8 Å². The van der Waals surface area contributed by atoms with Crippen molar-refractivity contribution in [2.75, 3.05) is 11.9 Å². The summed E-state index contributed by atoms with van der Waals surface area (Å²) in [6.45, 7) is 4.62. The van der Waals surface area contributed by atoms with E-state index >= 15 is 0 Å². The van der Waals surface area contributed by atoms with Gasteiger partial charge in [0, 0.05) is 13.1 Å². The molecule has 82 valence electrons. The lowest BCUT2D eigenvalue weighted by Gasteiger charge is -2.47. The Balaban J connectivity index is 2.06. The van der Waals surface area contributed by atoms with Crippen LogP contribution in [0.2, 0.25) is 5.15 Å². The van der Waals surface area contributed by atoms with Crippen molar-refractivity contribution in [2.45, 2.75) is 32.7 Å². The zero-order valence-corrected chi connectivity index (χ0v) is 10.3. The maximum absolute atomic E-state index is 5.87. The molecule has 2 nitrogen and oxygen atoms in total. The molecule has 1 aliphatic carbocycles. The van der Waals surface area contributed by atoms with Crippen LogP contribution in [-0.2, 0) is 0 Å². The minimum atomic E-state index is 0.498. The normalized spacial score (nSPS) is 19.7. The van der Waals surface area contributed by atoms with Gasteiger partial charge in [0.2, 0.25) is 0 Å². The minimum Gasteiger partial charge on any atom is -0.357 e. The van der Waals surface area contributed by atoms with Crippen LogP contribution in [-0.4, -0.2) is 18.1 Å². The van der Waals surface area contributed by atoms with Gasteiger partial charge in [0.05, 0.1) is 0 Å². The van der Waals surface area contributed by atoms with E-state index in [1.54, 1.807) is 0 Å². The molecular weight excluding hydrogens is 208 g/mol. The molecule has 0 spiro atoms. The monoisotopic (exact) mass is 224 g/mol. The number of anilines is 1. The molecular formula is C12H17ClN2. The maximum Gasteiger partial charge on any atom is 0.131 e. The van der Waals surface area contributed by atoms with Crippen molar-refractivity contribution in [1.29, 1.82) is 0 Å². The molecule has 0 atom stereocenters. The standard InChI is InChI=1S/C12H17ClN2/c1-12(2)7-9(8-12)15(3)11-6-4-5-10(13)14-11/h4-6,9H,7-8H2,1-3H3. The lowest BCUT2D eigenvalue weighted by atomic mass is 9.68. The molecule has 15 heavy (non-hydrogen) atoms. The van der Waals surface area contributed by atoms with Gasteiger partial charge >= 0.3 is 0 Å². The van der Waals surface area contributed by atoms with E-state index in [0.29, 0.717) is 16.6 Å². The number of hydrogen-bond acceptors (Lipinski definition) is 2. The van der Waals surface area contributed by atoms with Gasteiger partial charge in [-0.3, -0.25) is 0 Å². The smallest absolute Gasteiger partial charge is 0.131 e. The Morgan fingerprint density at radius 3 is 2.60 bits per heavy atom. The van der Waals surface area contributed by atoms with Gasteiger partial charge in [-0.2, -0.15) is 0 Å². The fraction of sp³-hybridized carbons (Fsp3) is 0.583. The Hall–Kier alpha value is -0.760. The number of rotatable bonds is 2. The van der Waals surface area contributed by atoms with Crippen molar-refractivity contribution < 1.29 is 0 Å². The number of pyridine rings is 1. The van der Waals surface area contributed by atoms with Crippen molar-refractivity contribution in [3.05, 3.63) is 23.4 Å². The van der Waals surface area contributed by atoms with Crippen LogP contribution >= 0.6 is 11.6 Å². The third-order valence-electron chi connectivity index (χ3n) is 3.19. The summed E-state index contributed by atoms with van der Waals surface area (Å²) in [5.74, 6) is 0.975. The van der Waals surface area contributed by atoms with Crippen molar-refractivity contribution in [3.63, 3.8) is 0 Å². The van der Waals surface area contributed by atoms with Crippen LogP contribution in [0.1, 0.15) is 26.7 Å². The summed E-state index contributed by atoms with van der Waals surface area (Å²) in [5, 5.41) is 0.568. The van der Waals surface area contributed by atoms with Gasteiger partial charge in [0.25, 0.3) is 0 Å². The van der Waals surface area contributed by atoms with E-state index in [-0.39, 0.29) is 0 Å². The van der Waals surface area contributed by atoms with E-state index in [9.17, 15) is 0 Å². The maximum atomic E-state index is 5.87. The average molecular weight is 225 g/mol. The third-order valence-corrected chi connectivity index (χ3v) is 3.40. The molecule has 2 rings (SSSR count). The number of hydrogen-bond donors (Lipinski definition) is 0. The van der Waals surface area contributed by atoms with Crippen LogP contribution in [0, 0.1) is 5.41 Å². The summed E-state index contributed by atoms with van der Waals surface area (Å²) in [7, 11) is 2.10. The third kappa shape index (κ3) is 2.25. The van der Waals surface area contributed by atoms with Crippen LogP contribution in [0.3, 0.4) is 0 Å². The molecule has 1 heterocycles. The van der Waals surface area contributed by atoms with Gasteiger partial charge in [-0.1, -0.05) is 31.5 Å². The summed E-state index contributed by atoms with van der Waals surface area (Å²) >= 11 is 5.87. The minimum absolute atomic E-state index is 0.498. The molecule has 0 aromatic carbocycles. The summed E-state index contributed by atoms with van der Waals surface area (Å²) in [4.78, 5) is 6.55. The Kier molecular flexibility index (Phi) is 2.63. The molecule has 0 aliphatic heterocycles. The first-order valence-electron chi connectivity index (χ1n) is 5.33. The van der Waals surface area contributed by atoms with Crippen LogP contribution in [0.4, 0.5) is 5.82 Å². The predicted molar refractivity (Wildman–Crippen MR) is 64.5 cm³/mol. The Morgan fingerprint density at radius 2 is 2.07 bits per heavy atom. The predicted octanol–water partition coefficient (Wildman–Crippen LogP) is 3.36. The molecule has 0 amide bonds. The second-order valence-corrected chi connectivity index (χ2v) is 5.54. The Bertz CT molecular complexity index is 354. The topological polar surface area (TPSA) is 16.1 Å². The second kappa shape index (κ2) is 3.67. The quantitative estimate of drug-likeness (QED) is 0.717. The molecule has 1 aromatic heterocycles. The summed E-state index contributed by atoms with van der Waals surface area (Å²) < 4.78 is 0. The highest BCUT2D eigenvalue weighted by Crippen LogP contribution is 2.43. The highest BCUT2D eigenvalue weighted by molar-refractivity contribution is 6.29. The van der Waals surface area contributed by atoms with Crippen LogP contribution in [0.25, 0.3) is 0 Å². The molecule has 0 saturated heterocycles. The van der Waals surface area contributed by atoms with E-state index < -0.39 is 0 Å². The highest BCUT2D eigenvalue weighted by atomic mass is 35.5. The molecule has 3 heteroatoms. The van der Waals surface area contributed by atoms with Crippen LogP contribution in [0.5, 0.6) is 0 Å². The van der Waals surface area contributed by atoms with E-state index in [4.69, 9.17) is 11.6 Å². The summed E-state index contributed by atoms with van der Waals surface area (Å²) in [6.07, 6.45) is 2.47. The van der Waals surface area contributed by atoms with Gasteiger partial charge in [0.15, 0.2) is 0 Å². The van der Waals surface area contributed by atoms with E-state index in [0.717, 1.165) is 5.82 Å². The van der Waals surface area contributed by atoms with Gasteiger partial charge in [0.1, 0.15) is 11.0 Å². The second-order valence-electron chi connectivity index (χ2n) is 5.16. The lowest BCUT2D eigenvalue weighted by molar-refractivity contribution is 0.150. The fourth-order valence-corrected chi connectivity index (χ4v) is 2.43. The Morgan fingerprint density at radius 1 is 1.40 bits per heavy atom. The zero-order valence-electron chi connectivity index (χ0n) is 9.50. The average Bonchev–Trinajstić information content (AvgIpc) is 2.13. The van der Waals surface area contributed by atoms with E-state index in [1.165, 1.54) is 12.8 Å². The van der Waals surface area contributed by atoms with Gasteiger partial charge in [-0.25, -0.2) is 4.98 Å². The number of aromatic nitrogens is 1. The summed E-state index contributed by atoms with van der Waals surface area (Å²) in [5.41, 5.74) is 0.498. The molecule has 1 aliphatic rings. The SMILES string of the molecule is CN(c1cccc(Cl)n1)C1CC(C)(C)C1. The molecule has 0 unspecified atom stereocenters. The first-order valence-corrected chi connectivity index (χ1v) is 5.71. The van der Waals surface area contributed by atoms with Gasteiger partial charge < -0.3 is 4.90 Å². The number of nitrogens with zero attached hydrogens (tertiary/aromatic N) is 2. The first kappa shape index (κ1) is 10.7. The van der Waals surface area contributed by atoms with Crippen molar-refractivity contribution >= 4 is 17.4 Å². The molecule has 1 fully saturated rings. The van der Waals surface area contributed by atoms with Crippen molar-refractivity contribution in [3.8, 4) is 0 Å². The van der Waals surface area contributed by atoms with Crippen LogP contribution in [0.15, 0.2) is 18.2 Å². The highest BCUT2D eigenvalue weighted by Gasteiger charge is 2.38. The molecule has 0 N–H and O–H groups in total. The molecule has 0 bridgehead atoms. The largest absolute Gasteiger partial charge is 0.357 e. The summed E-state index contributed by atoms with van der Waals surface area (Å²) in [6, 6.07) is 6.39. The number of halogens is 1. The van der Waals surface area contributed by atoms with Gasteiger partial charge in [-0.15, -0.1) is 0 Å².